The van der Waals surface area contributed by atoms with Crippen molar-refractivity contribution in [3.8, 4) is 0 Å². The van der Waals surface area contributed by atoms with Crippen LogP contribution >= 0.6 is 15.9 Å². The van der Waals surface area contributed by atoms with Gasteiger partial charge in [-0.15, -0.1) is 0 Å². The van der Waals surface area contributed by atoms with Crippen molar-refractivity contribution in [2.24, 2.45) is 0 Å². The molecule has 0 radical (unpaired) electrons. The Morgan fingerprint density at radius 3 is 2.21 bits per heavy atom. The third-order valence-electron chi connectivity index (χ3n) is 4.24. The minimum absolute atomic E-state index is 0.150. The van der Waals surface area contributed by atoms with Crippen LogP contribution in [-0.4, -0.2) is 22.3 Å². The average Bonchev–Trinajstić information content (AvgIpc) is 2.65. The Morgan fingerprint density at radius 2 is 1.71 bits per heavy atom. The molecular weight excluding hydrogens is 428 g/mol. The molecule has 0 aliphatic carbocycles. The van der Waals surface area contributed by atoms with Crippen molar-refractivity contribution in [2.75, 3.05) is 0 Å². The van der Waals surface area contributed by atoms with Crippen LogP contribution in [0.3, 0.4) is 0 Å². The smallest absolute Gasteiger partial charge is 0.339 e. The zero-order valence-electron chi connectivity index (χ0n) is 15.8. The van der Waals surface area contributed by atoms with Gasteiger partial charge in [0.25, 0.3) is 5.54 Å². The van der Waals surface area contributed by atoms with Gasteiger partial charge in [-0.1, -0.05) is 40.2 Å². The number of hydrogen-bond acceptors (Lipinski definition) is 5. The van der Waals surface area contributed by atoms with Crippen molar-refractivity contribution in [3.63, 3.8) is 0 Å². The average molecular weight is 449 g/mol. The van der Waals surface area contributed by atoms with Crippen LogP contribution in [0.1, 0.15) is 48.4 Å². The van der Waals surface area contributed by atoms with Crippen LogP contribution in [0.15, 0.2) is 53.0 Å². The van der Waals surface area contributed by atoms with E-state index in [0.29, 0.717) is 12.1 Å². The summed E-state index contributed by atoms with van der Waals surface area (Å²) in [6.07, 6.45) is -1.07. The maximum absolute atomic E-state index is 12.6. The monoisotopic (exact) mass is 448 g/mol. The maximum atomic E-state index is 12.6. The second-order valence-corrected chi connectivity index (χ2v) is 7.77. The molecule has 0 aliphatic rings. The lowest BCUT2D eigenvalue weighted by atomic mass is 9.91. The number of carbonyl (C=O) groups is 2. The molecule has 0 aromatic heterocycles. The lowest BCUT2D eigenvalue weighted by molar-refractivity contribution is -0.574. The number of ether oxygens (including phenoxy) is 1. The van der Waals surface area contributed by atoms with E-state index in [4.69, 9.17) is 4.74 Å². The molecule has 2 rings (SSSR count). The number of halogens is 1. The lowest BCUT2D eigenvalue weighted by Crippen LogP contribution is -2.40. The first-order chi connectivity index (χ1) is 13.1. The van der Waals surface area contributed by atoms with E-state index in [9.17, 15) is 19.7 Å². The minimum atomic E-state index is -1.52. The Balaban J connectivity index is 2.23. The van der Waals surface area contributed by atoms with E-state index in [2.05, 4.69) is 21.2 Å². The number of amides is 1. The van der Waals surface area contributed by atoms with E-state index < -0.39 is 22.5 Å². The Morgan fingerprint density at radius 1 is 1.14 bits per heavy atom. The van der Waals surface area contributed by atoms with Gasteiger partial charge in [0.1, 0.15) is 0 Å². The van der Waals surface area contributed by atoms with Crippen LogP contribution in [0.5, 0.6) is 0 Å². The standard InChI is InChI=1S/C20H21BrN2O5/c1-13(24)22-12-14-4-6-16(7-5-14)19(25)28-18(20(2,3)23(26)27)15-8-10-17(21)11-9-15/h4-11,18H,12H2,1-3H3,(H,22,24)/t18-/m0/s1. The number of carbonyl (C=O) groups excluding carboxylic acids is 2. The molecule has 2 aromatic rings. The summed E-state index contributed by atoms with van der Waals surface area (Å²) in [4.78, 5) is 34.7. The summed E-state index contributed by atoms with van der Waals surface area (Å²) in [5, 5.41) is 14.2. The first-order valence-corrected chi connectivity index (χ1v) is 9.35. The van der Waals surface area contributed by atoms with E-state index in [1.165, 1.54) is 20.8 Å². The first kappa shape index (κ1) is 21.6. The third-order valence-corrected chi connectivity index (χ3v) is 4.77. The summed E-state index contributed by atoms with van der Waals surface area (Å²) >= 11 is 3.32. The van der Waals surface area contributed by atoms with E-state index in [1.54, 1.807) is 48.5 Å². The molecular formula is C20H21BrN2O5. The van der Waals surface area contributed by atoms with Gasteiger partial charge in [-0.05, 0) is 35.4 Å². The van der Waals surface area contributed by atoms with Crippen molar-refractivity contribution in [1.29, 1.82) is 0 Å². The molecule has 148 valence electrons. The summed E-state index contributed by atoms with van der Waals surface area (Å²) in [6, 6.07) is 13.4. The molecule has 1 atom stereocenters. The van der Waals surface area contributed by atoms with Gasteiger partial charge in [0.05, 0.1) is 5.56 Å². The number of nitrogens with one attached hydrogen (secondary N) is 1. The van der Waals surface area contributed by atoms with Gasteiger partial charge in [0, 0.05) is 36.7 Å². The number of rotatable bonds is 7. The summed E-state index contributed by atoms with van der Waals surface area (Å²) in [7, 11) is 0. The third kappa shape index (κ3) is 5.39. The van der Waals surface area contributed by atoms with Gasteiger partial charge in [0.2, 0.25) is 5.91 Å². The second kappa shape index (κ2) is 8.97. The van der Waals surface area contributed by atoms with Crippen molar-refractivity contribution < 1.29 is 19.2 Å². The largest absolute Gasteiger partial charge is 0.446 e. The van der Waals surface area contributed by atoms with E-state index in [1.807, 2.05) is 0 Å². The zero-order chi connectivity index (χ0) is 20.9. The highest BCUT2D eigenvalue weighted by Crippen LogP contribution is 2.33. The van der Waals surface area contributed by atoms with Crippen molar-refractivity contribution >= 4 is 27.8 Å². The fourth-order valence-electron chi connectivity index (χ4n) is 2.51. The molecule has 0 aliphatic heterocycles. The molecule has 0 bridgehead atoms. The molecule has 0 heterocycles. The first-order valence-electron chi connectivity index (χ1n) is 8.55. The Kier molecular flexibility index (Phi) is 6.90. The normalized spacial score (nSPS) is 12.1. The van der Waals surface area contributed by atoms with Gasteiger partial charge in [-0.3, -0.25) is 14.9 Å². The summed E-state index contributed by atoms with van der Waals surface area (Å²) in [6.45, 7) is 4.61. The Labute approximate surface area is 171 Å². The van der Waals surface area contributed by atoms with Crippen LogP contribution in [0.4, 0.5) is 0 Å². The number of nitrogens with zero attached hydrogens (tertiary/aromatic N) is 1. The van der Waals surface area contributed by atoms with Crippen LogP contribution < -0.4 is 5.32 Å². The molecule has 0 saturated carbocycles. The van der Waals surface area contributed by atoms with Gasteiger partial charge in [-0.2, -0.15) is 0 Å². The molecule has 8 heteroatoms. The van der Waals surface area contributed by atoms with E-state index in [-0.39, 0.29) is 11.5 Å². The molecule has 0 saturated heterocycles. The SMILES string of the molecule is CC(=O)NCc1ccc(C(=O)O[C@@H](c2ccc(Br)cc2)C(C)(C)[N+](=O)[O-])cc1. The van der Waals surface area contributed by atoms with Crippen LogP contribution in [0, 0.1) is 10.1 Å². The highest BCUT2D eigenvalue weighted by molar-refractivity contribution is 9.10. The number of esters is 1. The maximum Gasteiger partial charge on any atom is 0.339 e. The van der Waals surface area contributed by atoms with Crippen LogP contribution in [0.25, 0.3) is 0 Å². The number of nitro groups is 1. The number of benzene rings is 2. The fourth-order valence-corrected chi connectivity index (χ4v) is 2.78. The Hall–Kier alpha value is -2.74. The molecule has 28 heavy (non-hydrogen) atoms. The molecule has 0 spiro atoms. The molecule has 7 nitrogen and oxygen atoms in total. The van der Waals surface area contributed by atoms with Crippen molar-refractivity contribution in [2.45, 2.75) is 39.0 Å². The van der Waals surface area contributed by atoms with Crippen molar-refractivity contribution in [3.05, 3.63) is 79.8 Å². The molecule has 1 amide bonds. The van der Waals surface area contributed by atoms with Gasteiger partial charge >= 0.3 is 5.97 Å². The van der Waals surface area contributed by atoms with Crippen LogP contribution in [-0.2, 0) is 16.1 Å². The minimum Gasteiger partial charge on any atom is -0.446 e. The molecule has 1 N–H and O–H groups in total. The van der Waals surface area contributed by atoms with Crippen LogP contribution in [0.2, 0.25) is 0 Å². The predicted molar refractivity (Wildman–Crippen MR) is 107 cm³/mol. The van der Waals surface area contributed by atoms with E-state index >= 15 is 0 Å². The topological polar surface area (TPSA) is 98.5 Å². The second-order valence-electron chi connectivity index (χ2n) is 6.85. The highest BCUT2D eigenvalue weighted by atomic mass is 79.9. The van der Waals surface area contributed by atoms with Gasteiger partial charge in [0.15, 0.2) is 6.10 Å². The summed E-state index contributed by atoms with van der Waals surface area (Å²) < 4.78 is 6.38. The summed E-state index contributed by atoms with van der Waals surface area (Å²) in [5.41, 5.74) is 0.102. The van der Waals surface area contributed by atoms with Crippen molar-refractivity contribution in [1.82, 2.24) is 5.32 Å². The summed E-state index contributed by atoms with van der Waals surface area (Å²) in [5.74, 6) is -0.809. The molecule has 0 unspecified atom stereocenters. The zero-order valence-corrected chi connectivity index (χ0v) is 17.4. The molecule has 2 aromatic carbocycles. The Bertz CT molecular complexity index is 863. The quantitative estimate of drug-likeness (QED) is 0.391. The van der Waals surface area contributed by atoms with Gasteiger partial charge in [-0.25, -0.2) is 4.79 Å². The highest BCUT2D eigenvalue weighted by Gasteiger charge is 2.45. The number of hydrogen-bond donors (Lipinski definition) is 1. The lowest BCUT2D eigenvalue weighted by Gasteiger charge is -2.27. The van der Waals surface area contributed by atoms with E-state index in [0.717, 1.165) is 10.0 Å². The predicted octanol–water partition coefficient (Wildman–Crippen LogP) is 4.04. The fraction of sp³-hybridized carbons (Fsp3) is 0.300. The molecule has 0 fully saturated rings. The van der Waals surface area contributed by atoms with Gasteiger partial charge < -0.3 is 10.1 Å².